The van der Waals surface area contributed by atoms with E-state index in [1.807, 2.05) is 60.0 Å². The number of benzene rings is 2. The Balaban J connectivity index is 1.45. The Morgan fingerprint density at radius 1 is 1.10 bits per heavy atom. The number of hydrogen-bond donors (Lipinski definition) is 0. The minimum absolute atomic E-state index is 0.0720. The Labute approximate surface area is 183 Å². The summed E-state index contributed by atoms with van der Waals surface area (Å²) < 4.78 is 5.73. The highest BCUT2D eigenvalue weighted by Crippen LogP contribution is 2.32. The first kappa shape index (κ1) is 20.3. The van der Waals surface area contributed by atoms with E-state index in [1.165, 1.54) is 28.7 Å². The highest BCUT2D eigenvalue weighted by Gasteiger charge is 2.18. The number of thiazole rings is 1. The summed E-state index contributed by atoms with van der Waals surface area (Å²) >= 11 is 2.87. The second kappa shape index (κ2) is 9.23. The number of rotatable bonds is 7. The van der Waals surface area contributed by atoms with Crippen LogP contribution in [0.3, 0.4) is 0 Å². The van der Waals surface area contributed by atoms with Crippen LogP contribution in [0.25, 0.3) is 11.5 Å². The molecule has 2 heterocycles. The fourth-order valence-electron chi connectivity index (χ4n) is 2.87. The topological polar surface area (TPSA) is 72.1 Å². The summed E-state index contributed by atoms with van der Waals surface area (Å²) in [6, 6.07) is 17.7. The van der Waals surface area contributed by atoms with Gasteiger partial charge in [-0.1, -0.05) is 49.0 Å². The van der Waals surface area contributed by atoms with E-state index < -0.39 is 0 Å². The van der Waals surface area contributed by atoms with Crippen LogP contribution in [0.15, 0.2) is 69.6 Å². The lowest BCUT2D eigenvalue weighted by Gasteiger charge is -2.18. The molecule has 6 nitrogen and oxygen atoms in total. The van der Waals surface area contributed by atoms with Gasteiger partial charge in [0.2, 0.25) is 11.8 Å². The Kier molecular flexibility index (Phi) is 6.25. The number of nitrogens with zero attached hydrogens (tertiary/aromatic N) is 4. The summed E-state index contributed by atoms with van der Waals surface area (Å²) in [5, 5.41) is 11.3. The van der Waals surface area contributed by atoms with Gasteiger partial charge in [-0.15, -0.1) is 21.5 Å². The molecule has 4 rings (SSSR count). The number of anilines is 2. The number of carbonyl (C=O) groups is 1. The van der Waals surface area contributed by atoms with Crippen molar-refractivity contribution >= 4 is 39.8 Å². The van der Waals surface area contributed by atoms with E-state index in [4.69, 9.17) is 4.42 Å². The first-order valence-corrected chi connectivity index (χ1v) is 11.4. The molecule has 1 amide bonds. The maximum Gasteiger partial charge on any atom is 0.277 e. The highest BCUT2D eigenvalue weighted by atomic mass is 32.2. The Hall–Kier alpha value is -2.97. The molecule has 0 fully saturated rings. The fourth-order valence-corrected chi connectivity index (χ4v) is 4.52. The van der Waals surface area contributed by atoms with Gasteiger partial charge in [0.05, 0.1) is 11.4 Å². The minimum atomic E-state index is -0.0720. The van der Waals surface area contributed by atoms with Gasteiger partial charge in [-0.05, 0) is 36.2 Å². The summed E-state index contributed by atoms with van der Waals surface area (Å²) in [6.07, 6.45) is 0.959. The van der Waals surface area contributed by atoms with E-state index in [0.717, 1.165) is 23.4 Å². The van der Waals surface area contributed by atoms with Crippen molar-refractivity contribution in [1.82, 2.24) is 15.2 Å². The molecule has 2 aromatic carbocycles. The summed E-state index contributed by atoms with van der Waals surface area (Å²) in [5.74, 6) is 1.00. The zero-order valence-corrected chi connectivity index (χ0v) is 18.2. The van der Waals surface area contributed by atoms with E-state index in [2.05, 4.69) is 22.1 Å². The van der Waals surface area contributed by atoms with Crippen molar-refractivity contribution in [2.75, 3.05) is 4.90 Å². The van der Waals surface area contributed by atoms with Crippen molar-refractivity contribution in [2.45, 2.75) is 31.2 Å². The van der Waals surface area contributed by atoms with E-state index in [1.54, 1.807) is 11.8 Å². The first-order valence-electron chi connectivity index (χ1n) is 9.50. The molecular formula is C22H20N4O2S2. The quantitative estimate of drug-likeness (QED) is 0.344. The lowest BCUT2D eigenvalue weighted by Crippen LogP contribution is -2.22. The fraction of sp³-hybridized carbons (Fsp3) is 0.182. The third-order valence-electron chi connectivity index (χ3n) is 4.42. The van der Waals surface area contributed by atoms with E-state index in [0.29, 0.717) is 22.0 Å². The molecule has 152 valence electrons. The van der Waals surface area contributed by atoms with Crippen LogP contribution in [-0.4, -0.2) is 21.1 Å². The molecule has 0 bridgehead atoms. The second-order valence-corrected chi connectivity index (χ2v) is 8.29. The van der Waals surface area contributed by atoms with Crippen LogP contribution in [0.4, 0.5) is 10.8 Å². The van der Waals surface area contributed by atoms with E-state index in [9.17, 15) is 4.79 Å². The highest BCUT2D eigenvalue weighted by molar-refractivity contribution is 7.98. The lowest BCUT2D eigenvalue weighted by atomic mass is 10.1. The monoisotopic (exact) mass is 436 g/mol. The Bertz CT molecular complexity index is 1120. The normalized spacial score (nSPS) is 10.9. The van der Waals surface area contributed by atoms with E-state index >= 15 is 0 Å². The van der Waals surface area contributed by atoms with Gasteiger partial charge < -0.3 is 4.42 Å². The van der Waals surface area contributed by atoms with Crippen LogP contribution >= 0.6 is 23.1 Å². The predicted molar refractivity (Wildman–Crippen MR) is 120 cm³/mol. The molecule has 0 aliphatic rings. The maximum atomic E-state index is 12.3. The second-order valence-electron chi connectivity index (χ2n) is 6.52. The molecule has 8 heteroatoms. The van der Waals surface area contributed by atoms with Crippen molar-refractivity contribution in [1.29, 1.82) is 0 Å². The van der Waals surface area contributed by atoms with Crippen molar-refractivity contribution < 1.29 is 9.21 Å². The molecule has 0 saturated heterocycles. The Morgan fingerprint density at radius 3 is 2.57 bits per heavy atom. The number of amides is 1. The molecule has 0 N–H and O–H groups in total. The summed E-state index contributed by atoms with van der Waals surface area (Å²) in [4.78, 5) is 18.6. The van der Waals surface area contributed by atoms with Crippen LogP contribution in [-0.2, 0) is 17.0 Å². The molecule has 4 aromatic rings. The van der Waals surface area contributed by atoms with Crippen molar-refractivity contribution in [3.63, 3.8) is 0 Å². The van der Waals surface area contributed by atoms with Gasteiger partial charge in [-0.25, -0.2) is 4.98 Å². The Morgan fingerprint density at radius 2 is 1.87 bits per heavy atom. The zero-order valence-electron chi connectivity index (χ0n) is 16.6. The average molecular weight is 437 g/mol. The maximum absolute atomic E-state index is 12.3. The number of hydrogen-bond acceptors (Lipinski definition) is 7. The van der Waals surface area contributed by atoms with Crippen LogP contribution in [0, 0.1) is 0 Å². The van der Waals surface area contributed by atoms with Gasteiger partial charge in [-0.3, -0.25) is 9.69 Å². The molecule has 0 unspecified atom stereocenters. The van der Waals surface area contributed by atoms with Gasteiger partial charge >= 0.3 is 0 Å². The molecule has 0 atom stereocenters. The number of aromatic nitrogens is 3. The van der Waals surface area contributed by atoms with Crippen LogP contribution in [0.2, 0.25) is 0 Å². The number of aryl methyl sites for hydroxylation is 1. The predicted octanol–water partition coefficient (Wildman–Crippen LogP) is 5.73. The van der Waals surface area contributed by atoms with Crippen molar-refractivity contribution in [3.05, 3.63) is 71.2 Å². The molecule has 0 aliphatic heterocycles. The molecule has 0 radical (unpaired) electrons. The minimum Gasteiger partial charge on any atom is -0.411 e. The molecule has 0 aliphatic carbocycles. The zero-order chi connectivity index (χ0) is 20.9. The summed E-state index contributed by atoms with van der Waals surface area (Å²) in [6.45, 7) is 3.65. The van der Waals surface area contributed by atoms with Crippen LogP contribution in [0.5, 0.6) is 0 Å². The standard InChI is InChI=1S/C22H20N4O2S2/c1-3-16-9-11-19(12-10-16)26(15(2)27)21-23-18(13-29-21)14-30-22-25-24-20(28-22)17-7-5-4-6-8-17/h4-13H,3,14H2,1-2H3. The largest absolute Gasteiger partial charge is 0.411 e. The van der Waals surface area contributed by atoms with Crippen LogP contribution < -0.4 is 4.90 Å². The SMILES string of the molecule is CCc1ccc(N(C(C)=O)c2nc(CSc3nnc(-c4ccccc4)o3)cs2)cc1. The molecule has 0 spiro atoms. The number of thioether (sulfide) groups is 1. The van der Waals surface area contributed by atoms with Crippen molar-refractivity contribution in [2.24, 2.45) is 0 Å². The van der Waals surface area contributed by atoms with Crippen LogP contribution in [0.1, 0.15) is 25.1 Å². The molecule has 0 saturated carbocycles. The third kappa shape index (κ3) is 4.60. The lowest BCUT2D eigenvalue weighted by molar-refractivity contribution is -0.115. The summed E-state index contributed by atoms with van der Waals surface area (Å²) in [7, 11) is 0. The summed E-state index contributed by atoms with van der Waals surface area (Å²) in [5.41, 5.74) is 3.79. The number of carbonyl (C=O) groups excluding carboxylic acids is 1. The average Bonchev–Trinajstić information content (AvgIpc) is 3.43. The van der Waals surface area contributed by atoms with E-state index in [-0.39, 0.29) is 5.91 Å². The van der Waals surface area contributed by atoms with Gasteiger partial charge in [-0.2, -0.15) is 0 Å². The molecular weight excluding hydrogens is 416 g/mol. The molecule has 30 heavy (non-hydrogen) atoms. The smallest absolute Gasteiger partial charge is 0.277 e. The van der Waals surface area contributed by atoms with Gasteiger partial charge in [0.25, 0.3) is 5.22 Å². The first-order chi connectivity index (χ1) is 14.6. The van der Waals surface area contributed by atoms with Gasteiger partial charge in [0.15, 0.2) is 5.13 Å². The van der Waals surface area contributed by atoms with Gasteiger partial charge in [0.1, 0.15) is 0 Å². The van der Waals surface area contributed by atoms with Crippen molar-refractivity contribution in [3.8, 4) is 11.5 Å². The molecule has 2 aromatic heterocycles. The third-order valence-corrected chi connectivity index (χ3v) is 6.15. The van der Waals surface area contributed by atoms with Gasteiger partial charge in [0, 0.05) is 23.6 Å².